The van der Waals surface area contributed by atoms with Gasteiger partial charge in [-0.25, -0.2) is 28.8 Å². The van der Waals surface area contributed by atoms with Crippen molar-refractivity contribution in [1.82, 2.24) is 0 Å². The van der Waals surface area contributed by atoms with Crippen LogP contribution in [0.4, 0.5) is 0 Å². The lowest BCUT2D eigenvalue weighted by Gasteiger charge is -2.09. The number of hydrogen-bond donors (Lipinski definition) is 0. The number of cyclic esters (lactones) is 4. The lowest BCUT2D eigenvalue weighted by molar-refractivity contribution is 0.0425. The van der Waals surface area contributed by atoms with E-state index in [-0.39, 0.29) is 33.4 Å². The highest BCUT2D eigenvalue weighted by atomic mass is 16.6. The molecule has 0 atom stereocenters. The van der Waals surface area contributed by atoms with E-state index in [0.29, 0.717) is 11.5 Å². The topological polar surface area (TPSA) is 139 Å². The molecule has 0 aromatic heterocycles. The van der Waals surface area contributed by atoms with Gasteiger partial charge < -0.3 is 18.9 Å². The predicted molar refractivity (Wildman–Crippen MR) is 160 cm³/mol. The van der Waals surface area contributed by atoms with Gasteiger partial charge in [-0.15, -0.1) is 0 Å². The minimum absolute atomic E-state index is 0.0273. The van der Waals surface area contributed by atoms with Crippen LogP contribution in [0.15, 0.2) is 109 Å². The number of fused-ring (bicyclic) bond motifs is 2. The second kappa shape index (κ2) is 11.1. The van der Waals surface area contributed by atoms with E-state index in [1.54, 1.807) is 48.5 Å². The van der Waals surface area contributed by atoms with Gasteiger partial charge in [0.2, 0.25) is 0 Å². The summed E-state index contributed by atoms with van der Waals surface area (Å²) < 4.78 is 20.0. The minimum Gasteiger partial charge on any atom is -0.423 e. The van der Waals surface area contributed by atoms with Crippen LogP contribution in [0.2, 0.25) is 0 Å². The van der Waals surface area contributed by atoms with E-state index in [4.69, 9.17) is 9.47 Å². The third-order valence-electron chi connectivity index (χ3n) is 7.44. The molecule has 0 unspecified atom stereocenters. The summed E-state index contributed by atoms with van der Waals surface area (Å²) in [6.45, 7) is 0. The van der Waals surface area contributed by atoms with Crippen LogP contribution in [0.25, 0.3) is 22.3 Å². The largest absolute Gasteiger partial charge is 0.423 e. The average Bonchev–Trinajstić information content (AvgIpc) is 3.53. The number of carbonyl (C=O) groups excluding carboxylic acids is 6. The summed E-state index contributed by atoms with van der Waals surface area (Å²) in [6.07, 6.45) is 0. The van der Waals surface area contributed by atoms with E-state index in [2.05, 4.69) is 9.47 Å². The van der Waals surface area contributed by atoms with E-state index in [9.17, 15) is 28.8 Å². The normalized spacial score (nSPS) is 13.0. The van der Waals surface area contributed by atoms with Crippen LogP contribution in [-0.2, 0) is 9.47 Å². The Hall–Kier alpha value is -6.68. The molecular formula is C36H18O10. The van der Waals surface area contributed by atoms with E-state index < -0.39 is 35.8 Å². The molecule has 7 rings (SSSR count). The van der Waals surface area contributed by atoms with Crippen molar-refractivity contribution in [3.8, 4) is 33.8 Å². The third-order valence-corrected chi connectivity index (χ3v) is 7.44. The number of benzene rings is 5. The van der Waals surface area contributed by atoms with Crippen molar-refractivity contribution < 1.29 is 47.7 Å². The molecule has 46 heavy (non-hydrogen) atoms. The molecule has 2 heterocycles. The maximum absolute atomic E-state index is 12.6. The lowest BCUT2D eigenvalue weighted by Crippen LogP contribution is -2.09. The Balaban J connectivity index is 0.981. The van der Waals surface area contributed by atoms with Crippen LogP contribution in [0.3, 0.4) is 0 Å². The molecular weight excluding hydrogens is 592 g/mol. The molecule has 0 bridgehead atoms. The van der Waals surface area contributed by atoms with Crippen LogP contribution in [0, 0.1) is 0 Å². The fourth-order valence-corrected chi connectivity index (χ4v) is 5.04. The Morgan fingerprint density at radius 2 is 0.696 bits per heavy atom. The summed E-state index contributed by atoms with van der Waals surface area (Å²) in [4.78, 5) is 72.0. The number of ether oxygens (including phenoxy) is 4. The lowest BCUT2D eigenvalue weighted by atomic mass is 10.0. The molecule has 0 fully saturated rings. The number of esters is 6. The zero-order valence-corrected chi connectivity index (χ0v) is 23.5. The van der Waals surface area contributed by atoms with Gasteiger partial charge in [-0.1, -0.05) is 48.5 Å². The summed E-state index contributed by atoms with van der Waals surface area (Å²) in [5.74, 6) is -3.84. The van der Waals surface area contributed by atoms with Crippen molar-refractivity contribution in [2.75, 3.05) is 0 Å². The smallest absolute Gasteiger partial charge is 0.346 e. The Labute approximate surface area is 259 Å². The summed E-state index contributed by atoms with van der Waals surface area (Å²) in [6, 6.07) is 29.7. The van der Waals surface area contributed by atoms with Crippen molar-refractivity contribution in [2.45, 2.75) is 0 Å². The van der Waals surface area contributed by atoms with Crippen LogP contribution in [-0.4, -0.2) is 35.8 Å². The van der Waals surface area contributed by atoms with E-state index in [1.807, 2.05) is 24.3 Å². The molecule has 222 valence electrons. The molecule has 5 aromatic carbocycles. The first-order valence-electron chi connectivity index (χ1n) is 13.8. The Bertz CT molecular complexity index is 1970. The third kappa shape index (κ3) is 5.20. The molecule has 0 saturated carbocycles. The summed E-state index contributed by atoms with van der Waals surface area (Å²) in [7, 11) is 0. The first-order valence-corrected chi connectivity index (χ1v) is 13.8. The van der Waals surface area contributed by atoms with Crippen molar-refractivity contribution in [2.24, 2.45) is 0 Å². The highest BCUT2D eigenvalue weighted by molar-refractivity contribution is 6.16. The number of carbonyl (C=O) groups is 6. The quantitative estimate of drug-likeness (QED) is 0.126. The van der Waals surface area contributed by atoms with Crippen LogP contribution >= 0.6 is 0 Å². The molecule has 0 saturated heterocycles. The highest BCUT2D eigenvalue weighted by Gasteiger charge is 2.31. The van der Waals surface area contributed by atoms with Gasteiger partial charge in [0.25, 0.3) is 0 Å². The summed E-state index contributed by atoms with van der Waals surface area (Å²) >= 11 is 0. The van der Waals surface area contributed by atoms with Gasteiger partial charge in [0.1, 0.15) is 11.5 Å². The molecule has 2 aliphatic heterocycles. The SMILES string of the molecule is O=C(Oc1ccc(-c2ccc(-c3ccc(OC(=O)c4ccc5c(c4)C(=O)OC5=O)cc3)cc2)cc1)c1ccc2c(c1)C(=O)OC2=O. The monoisotopic (exact) mass is 610 g/mol. The Morgan fingerprint density at radius 1 is 0.391 bits per heavy atom. The Kier molecular flexibility index (Phi) is 6.79. The van der Waals surface area contributed by atoms with Crippen molar-refractivity contribution in [3.05, 3.63) is 143 Å². The van der Waals surface area contributed by atoms with Gasteiger partial charge in [-0.3, -0.25) is 0 Å². The first-order chi connectivity index (χ1) is 22.2. The molecule has 10 nitrogen and oxygen atoms in total. The van der Waals surface area contributed by atoms with Crippen molar-refractivity contribution in [3.63, 3.8) is 0 Å². The molecule has 10 heteroatoms. The van der Waals surface area contributed by atoms with Crippen molar-refractivity contribution in [1.29, 1.82) is 0 Å². The van der Waals surface area contributed by atoms with Crippen LogP contribution in [0.5, 0.6) is 11.5 Å². The van der Waals surface area contributed by atoms with Crippen molar-refractivity contribution >= 4 is 35.8 Å². The standard InChI is InChI=1S/C36H18O10/c37-31(23-9-15-27-29(17-23)35(41)45-33(27)39)43-25-11-5-21(6-12-25)19-1-2-20(4-3-19)22-7-13-26(14-8-22)44-32(38)24-10-16-28-30(18-24)36(42)46-34(28)40/h1-18H. The molecule has 0 radical (unpaired) electrons. The van der Waals surface area contributed by atoms with Gasteiger partial charge in [0.15, 0.2) is 0 Å². The summed E-state index contributed by atoms with van der Waals surface area (Å²) in [5.41, 5.74) is 4.12. The predicted octanol–water partition coefficient (Wildman–Crippen LogP) is 6.08. The van der Waals surface area contributed by atoms with E-state index >= 15 is 0 Å². The number of rotatable bonds is 6. The molecule has 5 aromatic rings. The molecule has 0 amide bonds. The van der Waals surface area contributed by atoms with Gasteiger partial charge in [0.05, 0.1) is 33.4 Å². The van der Waals surface area contributed by atoms with Gasteiger partial charge in [0, 0.05) is 0 Å². The molecule has 0 spiro atoms. The van der Waals surface area contributed by atoms with E-state index in [1.165, 1.54) is 36.4 Å². The molecule has 0 N–H and O–H groups in total. The molecule has 0 aliphatic carbocycles. The van der Waals surface area contributed by atoms with Gasteiger partial charge in [-0.2, -0.15) is 0 Å². The maximum atomic E-state index is 12.6. The van der Waals surface area contributed by atoms with Gasteiger partial charge in [-0.05, 0) is 82.9 Å². The first kappa shape index (κ1) is 28.1. The minimum atomic E-state index is -0.799. The Morgan fingerprint density at radius 3 is 1.04 bits per heavy atom. The highest BCUT2D eigenvalue weighted by Crippen LogP contribution is 2.29. The number of hydrogen-bond acceptors (Lipinski definition) is 10. The van der Waals surface area contributed by atoms with E-state index in [0.717, 1.165) is 22.3 Å². The average molecular weight is 611 g/mol. The second-order valence-electron chi connectivity index (χ2n) is 10.3. The fourth-order valence-electron chi connectivity index (χ4n) is 5.04. The zero-order chi connectivity index (χ0) is 31.9. The fraction of sp³-hybridized carbons (Fsp3) is 0. The zero-order valence-electron chi connectivity index (χ0n) is 23.5. The van der Waals surface area contributed by atoms with Crippen LogP contribution < -0.4 is 9.47 Å². The van der Waals surface area contributed by atoms with Gasteiger partial charge >= 0.3 is 35.8 Å². The maximum Gasteiger partial charge on any atom is 0.346 e. The van der Waals surface area contributed by atoms with Crippen LogP contribution in [0.1, 0.15) is 62.1 Å². The summed E-state index contributed by atoms with van der Waals surface area (Å²) in [5, 5.41) is 0. The second-order valence-corrected chi connectivity index (χ2v) is 10.3. The molecule has 2 aliphatic rings.